The van der Waals surface area contributed by atoms with Crippen LogP contribution in [0, 0.1) is 48.5 Å². The SMILES string of the molecule is CC.CC.CC.CC.CC.CC.CC.Cc1ccccc1OP(Oc1c(C)cccc1C)c1ccc(-c2ccc(P(Oc3c(C)cccc3C)Oc3c(C)cccc3C)cc2)cc1. The van der Waals surface area contributed by atoms with Crippen molar-refractivity contribution >= 4 is 27.4 Å². The van der Waals surface area contributed by atoms with Gasteiger partial charge in [-0.1, -0.05) is 194 Å². The van der Waals surface area contributed by atoms with Crippen LogP contribution >= 0.6 is 16.8 Å². The number of benzene rings is 6. The van der Waals surface area contributed by atoms with Crippen LogP contribution in [0.1, 0.15) is 136 Å². The molecule has 6 aromatic carbocycles. The molecule has 346 valence electrons. The molecule has 6 rings (SSSR count). The summed E-state index contributed by atoms with van der Waals surface area (Å²) in [6, 6.07) is 43.7. The number of aryl methyl sites for hydroxylation is 7. The van der Waals surface area contributed by atoms with Gasteiger partial charge < -0.3 is 18.1 Å². The molecule has 0 saturated heterocycles. The zero-order chi connectivity index (χ0) is 48.5. The van der Waals surface area contributed by atoms with Gasteiger partial charge in [-0.15, -0.1) is 0 Å². The highest BCUT2D eigenvalue weighted by Crippen LogP contribution is 2.45. The molecule has 0 aromatic heterocycles. The predicted octanol–water partition coefficient (Wildman–Crippen LogP) is 18.9. The van der Waals surface area contributed by atoms with Crippen LogP contribution in [0.5, 0.6) is 23.0 Å². The van der Waals surface area contributed by atoms with E-state index in [-0.39, 0.29) is 0 Å². The lowest BCUT2D eigenvalue weighted by Gasteiger charge is -2.23. The lowest BCUT2D eigenvalue weighted by molar-refractivity contribution is 0.493. The van der Waals surface area contributed by atoms with E-state index in [0.717, 1.165) is 83.7 Å². The molecule has 0 fully saturated rings. The van der Waals surface area contributed by atoms with Gasteiger partial charge in [-0.05, 0) is 129 Å². The average molecular weight is 895 g/mol. The first kappa shape index (κ1) is 60.5. The summed E-state index contributed by atoms with van der Waals surface area (Å²) in [4.78, 5) is 0. The van der Waals surface area contributed by atoms with Gasteiger partial charge >= 0.3 is 16.8 Å². The number of hydrogen-bond donors (Lipinski definition) is 0. The van der Waals surface area contributed by atoms with E-state index in [9.17, 15) is 0 Å². The van der Waals surface area contributed by atoms with Crippen molar-refractivity contribution in [3.8, 4) is 34.1 Å². The van der Waals surface area contributed by atoms with Crippen molar-refractivity contribution in [3.05, 3.63) is 166 Å². The quantitative estimate of drug-likeness (QED) is 0.121. The van der Waals surface area contributed by atoms with Crippen molar-refractivity contribution in [3.63, 3.8) is 0 Å². The molecule has 1 atom stereocenters. The second-order valence-corrected chi connectivity index (χ2v) is 15.2. The van der Waals surface area contributed by atoms with E-state index < -0.39 is 16.8 Å². The highest BCUT2D eigenvalue weighted by Gasteiger charge is 2.24. The van der Waals surface area contributed by atoms with Gasteiger partial charge in [0.25, 0.3) is 0 Å². The highest BCUT2D eigenvalue weighted by molar-refractivity contribution is 7.57. The van der Waals surface area contributed by atoms with E-state index in [2.05, 4.69) is 158 Å². The molecule has 0 aliphatic heterocycles. The van der Waals surface area contributed by atoms with Crippen LogP contribution in [-0.4, -0.2) is 0 Å². The van der Waals surface area contributed by atoms with E-state index in [0.29, 0.717) is 0 Å². The standard InChI is InChI=1S/C43H42O4P2.7C2H6/c1-29-13-8-9-20-40(29)44-48(45-41-30(2)14-10-15-31(41)3)38-25-21-36(22-26-38)37-23-27-39(28-24-37)49(46-42-32(4)16-11-17-33(42)5)47-43-34(6)18-12-19-35(43)7;7*1-2/h8-28H,1-7H3;7*1-2H3. The molecule has 63 heavy (non-hydrogen) atoms. The van der Waals surface area contributed by atoms with Crippen LogP contribution in [0.25, 0.3) is 11.1 Å². The lowest BCUT2D eigenvalue weighted by Crippen LogP contribution is -2.12. The fourth-order valence-corrected chi connectivity index (χ4v) is 8.65. The Balaban J connectivity index is 0. The van der Waals surface area contributed by atoms with Gasteiger partial charge in [-0.3, -0.25) is 0 Å². The monoisotopic (exact) mass is 895 g/mol. The van der Waals surface area contributed by atoms with Crippen molar-refractivity contribution in [2.45, 2.75) is 145 Å². The van der Waals surface area contributed by atoms with Gasteiger partial charge in [0.15, 0.2) is 0 Å². The predicted molar refractivity (Wildman–Crippen MR) is 286 cm³/mol. The average Bonchev–Trinajstić information content (AvgIpc) is 3.34. The van der Waals surface area contributed by atoms with E-state index in [1.54, 1.807) is 0 Å². The van der Waals surface area contributed by atoms with Crippen LogP contribution in [0.2, 0.25) is 0 Å². The van der Waals surface area contributed by atoms with Gasteiger partial charge in [0.1, 0.15) is 23.0 Å². The maximum absolute atomic E-state index is 6.70. The second kappa shape index (κ2) is 35.8. The summed E-state index contributed by atoms with van der Waals surface area (Å²) >= 11 is 0. The summed E-state index contributed by atoms with van der Waals surface area (Å²) < 4.78 is 26.6. The second-order valence-electron chi connectivity index (χ2n) is 12.4. The third-order valence-corrected chi connectivity index (χ3v) is 11.4. The van der Waals surface area contributed by atoms with Crippen LogP contribution < -0.4 is 28.7 Å². The van der Waals surface area contributed by atoms with Crippen LogP contribution in [0.15, 0.2) is 127 Å². The Morgan fingerprint density at radius 1 is 0.254 bits per heavy atom. The molecule has 0 aliphatic rings. The number of rotatable bonds is 11. The zero-order valence-electron chi connectivity index (χ0n) is 43.2. The molecule has 0 saturated carbocycles. The molecule has 0 aliphatic carbocycles. The molecular formula is C57H84O4P2. The Kier molecular flexibility index (Phi) is 34.4. The summed E-state index contributed by atoms with van der Waals surface area (Å²) in [5.41, 5.74) is 9.78. The summed E-state index contributed by atoms with van der Waals surface area (Å²) in [5, 5.41) is 1.99. The van der Waals surface area contributed by atoms with Crippen molar-refractivity contribution in [1.82, 2.24) is 0 Å². The van der Waals surface area contributed by atoms with Gasteiger partial charge in [0.2, 0.25) is 0 Å². The van der Waals surface area contributed by atoms with Gasteiger partial charge in [0.05, 0.1) is 10.6 Å². The molecule has 4 nitrogen and oxygen atoms in total. The molecule has 0 spiro atoms. The Labute approximate surface area is 389 Å². The Morgan fingerprint density at radius 2 is 0.492 bits per heavy atom. The fourth-order valence-electron chi connectivity index (χ4n) is 5.63. The molecule has 6 aromatic rings. The first-order valence-electron chi connectivity index (χ1n) is 23.4. The summed E-state index contributed by atoms with van der Waals surface area (Å²) in [6.45, 7) is 42.5. The minimum atomic E-state index is -1.46. The minimum Gasteiger partial charge on any atom is -0.435 e. The first-order valence-corrected chi connectivity index (χ1v) is 25.8. The molecular weight excluding hydrogens is 811 g/mol. The first-order chi connectivity index (χ1) is 30.7. The lowest BCUT2D eigenvalue weighted by atomic mass is 10.1. The normalized spacial score (nSPS) is 9.75. The third-order valence-electron chi connectivity index (χ3n) is 8.51. The van der Waals surface area contributed by atoms with E-state index in [4.69, 9.17) is 18.1 Å². The Morgan fingerprint density at radius 3 is 0.762 bits per heavy atom. The highest BCUT2D eigenvalue weighted by atomic mass is 31.2. The fraction of sp³-hybridized carbons (Fsp3) is 0.368. The van der Waals surface area contributed by atoms with Crippen LogP contribution in [-0.2, 0) is 0 Å². The van der Waals surface area contributed by atoms with Crippen molar-refractivity contribution < 1.29 is 18.1 Å². The third kappa shape index (κ3) is 18.9. The van der Waals surface area contributed by atoms with Crippen LogP contribution in [0.3, 0.4) is 0 Å². The van der Waals surface area contributed by atoms with E-state index in [1.165, 1.54) is 0 Å². The minimum absolute atomic E-state index is 0.822. The molecule has 0 radical (unpaired) electrons. The van der Waals surface area contributed by atoms with Crippen molar-refractivity contribution in [2.24, 2.45) is 0 Å². The molecule has 0 heterocycles. The molecule has 6 heteroatoms. The molecule has 1 unspecified atom stereocenters. The summed E-state index contributed by atoms with van der Waals surface area (Å²) in [6.07, 6.45) is 0. The largest absolute Gasteiger partial charge is 0.435 e. The topological polar surface area (TPSA) is 36.9 Å². The zero-order valence-corrected chi connectivity index (χ0v) is 44.9. The van der Waals surface area contributed by atoms with E-state index >= 15 is 0 Å². The molecule has 0 amide bonds. The summed E-state index contributed by atoms with van der Waals surface area (Å²) in [5.74, 6) is 3.42. The molecule has 0 bridgehead atoms. The number of para-hydroxylation sites is 4. The van der Waals surface area contributed by atoms with Gasteiger partial charge in [0, 0.05) is 0 Å². The molecule has 0 N–H and O–H groups in total. The van der Waals surface area contributed by atoms with Gasteiger partial charge in [-0.25, -0.2) is 0 Å². The Hall–Kier alpha value is -4.62. The van der Waals surface area contributed by atoms with Crippen molar-refractivity contribution in [1.29, 1.82) is 0 Å². The number of hydrogen-bond acceptors (Lipinski definition) is 4. The van der Waals surface area contributed by atoms with Crippen molar-refractivity contribution in [2.75, 3.05) is 0 Å². The smallest absolute Gasteiger partial charge is 0.326 e. The Bertz CT molecular complexity index is 1940. The van der Waals surface area contributed by atoms with E-state index in [1.807, 2.05) is 115 Å². The summed E-state index contributed by atoms with van der Waals surface area (Å²) in [7, 11) is -2.90. The maximum Gasteiger partial charge on any atom is 0.326 e. The maximum atomic E-state index is 6.70. The van der Waals surface area contributed by atoms with Gasteiger partial charge in [-0.2, -0.15) is 0 Å². The van der Waals surface area contributed by atoms with Crippen LogP contribution in [0.4, 0.5) is 0 Å².